The second kappa shape index (κ2) is 7.25. The minimum absolute atomic E-state index is 0.0663. The number of aromatic amines is 1. The summed E-state index contributed by atoms with van der Waals surface area (Å²) in [6.45, 7) is 0.0663. The van der Waals surface area contributed by atoms with E-state index in [1.165, 1.54) is 6.20 Å². The Labute approximate surface area is 143 Å². The van der Waals surface area contributed by atoms with Crippen molar-refractivity contribution in [2.45, 2.75) is 6.10 Å². The average Bonchev–Trinajstić information content (AvgIpc) is 3.10. The second-order valence-electron chi connectivity index (χ2n) is 5.18. The van der Waals surface area contributed by atoms with Gasteiger partial charge in [-0.2, -0.15) is 5.10 Å². The van der Waals surface area contributed by atoms with Crippen LogP contribution in [-0.2, 0) is 0 Å². The number of carbonyl (C=O) groups excluding carboxylic acids is 1. The summed E-state index contributed by atoms with van der Waals surface area (Å²) in [5, 5.41) is 20.1. The molecule has 0 aliphatic heterocycles. The minimum atomic E-state index is -0.846. The van der Waals surface area contributed by atoms with Crippen LogP contribution < -0.4 is 5.32 Å². The summed E-state index contributed by atoms with van der Waals surface area (Å²) < 4.78 is 0. The number of hydrogen-bond acceptors (Lipinski definition) is 4. The van der Waals surface area contributed by atoms with Crippen LogP contribution in [0.15, 0.2) is 55.0 Å². The van der Waals surface area contributed by atoms with Crippen LogP contribution in [0.5, 0.6) is 0 Å². The molecule has 0 unspecified atom stereocenters. The quantitative estimate of drug-likeness (QED) is 0.664. The molecular formula is C17H15ClN4O2. The zero-order valence-electron chi connectivity index (χ0n) is 12.6. The lowest BCUT2D eigenvalue weighted by molar-refractivity contribution is 0.0917. The molecule has 7 heteroatoms. The predicted octanol–water partition coefficient (Wildman–Crippen LogP) is 2.59. The fraction of sp³-hybridized carbons (Fsp3) is 0.118. The normalized spacial score (nSPS) is 11.9. The highest BCUT2D eigenvalue weighted by molar-refractivity contribution is 6.30. The summed E-state index contributed by atoms with van der Waals surface area (Å²) in [4.78, 5) is 16.4. The zero-order valence-corrected chi connectivity index (χ0v) is 13.4. The molecular weight excluding hydrogens is 328 g/mol. The lowest BCUT2D eigenvalue weighted by Crippen LogP contribution is -2.28. The third kappa shape index (κ3) is 3.61. The molecule has 0 radical (unpaired) electrons. The number of H-pyrrole nitrogens is 1. The monoisotopic (exact) mass is 342 g/mol. The molecule has 3 N–H and O–H groups in total. The van der Waals surface area contributed by atoms with Gasteiger partial charge in [0.25, 0.3) is 5.91 Å². The highest BCUT2D eigenvalue weighted by Gasteiger charge is 2.17. The van der Waals surface area contributed by atoms with Crippen molar-refractivity contribution in [2.75, 3.05) is 6.54 Å². The fourth-order valence-electron chi connectivity index (χ4n) is 2.31. The van der Waals surface area contributed by atoms with Crippen molar-refractivity contribution in [3.8, 4) is 11.3 Å². The van der Waals surface area contributed by atoms with Crippen molar-refractivity contribution in [3.05, 3.63) is 71.1 Å². The maximum absolute atomic E-state index is 12.4. The molecule has 0 aliphatic rings. The van der Waals surface area contributed by atoms with E-state index in [0.29, 0.717) is 21.8 Å². The van der Waals surface area contributed by atoms with Crippen LogP contribution in [-0.4, -0.2) is 32.7 Å². The van der Waals surface area contributed by atoms with Gasteiger partial charge in [0.05, 0.1) is 23.6 Å². The number of aliphatic hydroxyl groups is 1. The Kier molecular flexibility index (Phi) is 4.88. The zero-order chi connectivity index (χ0) is 16.9. The van der Waals surface area contributed by atoms with Crippen molar-refractivity contribution in [1.29, 1.82) is 0 Å². The Bertz CT molecular complexity index is 835. The molecule has 1 amide bonds. The second-order valence-corrected chi connectivity index (χ2v) is 5.62. The van der Waals surface area contributed by atoms with E-state index in [-0.39, 0.29) is 12.5 Å². The standard InChI is InChI=1S/C17H15ClN4O2/c18-13-5-1-3-11(7-13)15(23)10-20-17(24)14-9-21-22-16(14)12-4-2-6-19-8-12/h1-9,15,23H,10H2,(H,20,24)(H,21,22)/t15-/m1/s1. The van der Waals surface area contributed by atoms with Gasteiger partial charge in [0.15, 0.2) is 0 Å². The molecule has 3 aromatic rings. The van der Waals surface area contributed by atoms with Gasteiger partial charge in [-0.15, -0.1) is 0 Å². The Morgan fingerprint density at radius 2 is 2.17 bits per heavy atom. The summed E-state index contributed by atoms with van der Waals surface area (Å²) in [5.41, 5.74) is 2.37. The van der Waals surface area contributed by atoms with Crippen LogP contribution in [0.3, 0.4) is 0 Å². The Hall–Kier alpha value is -2.70. The summed E-state index contributed by atoms with van der Waals surface area (Å²) in [6.07, 6.45) is 3.90. The van der Waals surface area contributed by atoms with Gasteiger partial charge in [0.1, 0.15) is 0 Å². The van der Waals surface area contributed by atoms with Gasteiger partial charge in [-0.3, -0.25) is 14.9 Å². The maximum atomic E-state index is 12.4. The van der Waals surface area contributed by atoms with Gasteiger partial charge in [0, 0.05) is 29.5 Å². The molecule has 0 bridgehead atoms. The first-order chi connectivity index (χ1) is 11.6. The number of benzene rings is 1. The number of aromatic nitrogens is 3. The van der Waals surface area contributed by atoms with E-state index in [1.54, 1.807) is 42.7 Å². The highest BCUT2D eigenvalue weighted by atomic mass is 35.5. The Balaban J connectivity index is 1.69. The lowest BCUT2D eigenvalue weighted by Gasteiger charge is -2.12. The number of aliphatic hydroxyl groups excluding tert-OH is 1. The van der Waals surface area contributed by atoms with E-state index in [4.69, 9.17) is 11.6 Å². The molecule has 2 aromatic heterocycles. The first-order valence-electron chi connectivity index (χ1n) is 7.30. The number of nitrogens with zero attached hydrogens (tertiary/aromatic N) is 2. The third-order valence-electron chi connectivity index (χ3n) is 3.52. The third-order valence-corrected chi connectivity index (χ3v) is 3.76. The molecule has 24 heavy (non-hydrogen) atoms. The molecule has 2 heterocycles. The first-order valence-corrected chi connectivity index (χ1v) is 7.68. The summed E-state index contributed by atoms with van der Waals surface area (Å²) >= 11 is 5.90. The molecule has 0 saturated carbocycles. The summed E-state index contributed by atoms with van der Waals surface area (Å²) in [6, 6.07) is 10.5. The van der Waals surface area contributed by atoms with Crippen LogP contribution in [0.2, 0.25) is 5.02 Å². The van der Waals surface area contributed by atoms with E-state index in [0.717, 1.165) is 5.56 Å². The number of carbonyl (C=O) groups is 1. The molecule has 3 rings (SSSR count). The van der Waals surface area contributed by atoms with Crippen molar-refractivity contribution in [3.63, 3.8) is 0 Å². The molecule has 0 saturated heterocycles. The highest BCUT2D eigenvalue weighted by Crippen LogP contribution is 2.20. The number of pyridine rings is 1. The lowest BCUT2D eigenvalue weighted by atomic mass is 10.1. The van der Waals surface area contributed by atoms with Crippen LogP contribution in [0.1, 0.15) is 22.0 Å². The average molecular weight is 343 g/mol. The molecule has 0 spiro atoms. The SMILES string of the molecule is O=C(NC[C@@H](O)c1cccc(Cl)c1)c1cn[nH]c1-c1cccnc1. The summed E-state index contributed by atoms with van der Waals surface area (Å²) in [5.74, 6) is -0.330. The topological polar surface area (TPSA) is 90.9 Å². The van der Waals surface area contributed by atoms with Crippen molar-refractivity contribution >= 4 is 17.5 Å². The molecule has 1 atom stereocenters. The van der Waals surface area contributed by atoms with Crippen molar-refractivity contribution in [2.24, 2.45) is 0 Å². The predicted molar refractivity (Wildman–Crippen MR) is 90.6 cm³/mol. The van der Waals surface area contributed by atoms with Crippen molar-refractivity contribution in [1.82, 2.24) is 20.5 Å². The number of amides is 1. The van der Waals surface area contributed by atoms with E-state index < -0.39 is 6.10 Å². The van der Waals surface area contributed by atoms with Gasteiger partial charge in [0.2, 0.25) is 0 Å². The van der Waals surface area contributed by atoms with Gasteiger partial charge in [-0.1, -0.05) is 23.7 Å². The van der Waals surface area contributed by atoms with Gasteiger partial charge in [-0.05, 0) is 29.8 Å². The maximum Gasteiger partial charge on any atom is 0.255 e. The number of halogens is 1. The molecule has 122 valence electrons. The minimum Gasteiger partial charge on any atom is -0.387 e. The fourth-order valence-corrected chi connectivity index (χ4v) is 2.50. The number of hydrogen-bond donors (Lipinski definition) is 3. The first kappa shape index (κ1) is 16.2. The Morgan fingerprint density at radius 3 is 2.92 bits per heavy atom. The van der Waals surface area contributed by atoms with E-state index in [9.17, 15) is 9.90 Å². The van der Waals surface area contributed by atoms with Crippen molar-refractivity contribution < 1.29 is 9.90 Å². The summed E-state index contributed by atoms with van der Waals surface area (Å²) in [7, 11) is 0. The number of rotatable bonds is 5. The molecule has 1 aromatic carbocycles. The van der Waals surface area contributed by atoms with E-state index >= 15 is 0 Å². The molecule has 0 fully saturated rings. The largest absolute Gasteiger partial charge is 0.387 e. The van der Waals surface area contributed by atoms with E-state index in [1.807, 2.05) is 6.07 Å². The smallest absolute Gasteiger partial charge is 0.255 e. The van der Waals surface area contributed by atoms with Gasteiger partial charge in [-0.25, -0.2) is 0 Å². The van der Waals surface area contributed by atoms with Crippen LogP contribution in [0.4, 0.5) is 0 Å². The Morgan fingerprint density at radius 1 is 1.29 bits per heavy atom. The van der Waals surface area contributed by atoms with Crippen LogP contribution in [0.25, 0.3) is 11.3 Å². The van der Waals surface area contributed by atoms with Gasteiger partial charge < -0.3 is 10.4 Å². The molecule has 0 aliphatic carbocycles. The van der Waals surface area contributed by atoms with Gasteiger partial charge >= 0.3 is 0 Å². The number of nitrogens with one attached hydrogen (secondary N) is 2. The van der Waals surface area contributed by atoms with Crippen LogP contribution >= 0.6 is 11.6 Å². The molecule has 6 nitrogen and oxygen atoms in total. The van der Waals surface area contributed by atoms with Crippen LogP contribution in [0, 0.1) is 0 Å². The van der Waals surface area contributed by atoms with E-state index in [2.05, 4.69) is 20.5 Å².